The van der Waals surface area contributed by atoms with Crippen molar-refractivity contribution < 1.29 is 0 Å². The standard InChI is InChI=1S/C23H30N6S/c1-27-12-14-29(15-13-27)23-25-20-9-16-30-21(20)22(26-23)24-19-7-10-28(11-8-19)17-18-5-3-2-4-6-18/h2-6,9,16,19H,7-8,10-15,17H2,1H3,(H,24,25,26). The van der Waals surface area contributed by atoms with Gasteiger partial charge >= 0.3 is 0 Å². The van der Waals surface area contributed by atoms with Gasteiger partial charge in [0, 0.05) is 51.9 Å². The van der Waals surface area contributed by atoms with E-state index in [0.29, 0.717) is 6.04 Å². The number of fused-ring (bicyclic) bond motifs is 1. The maximum atomic E-state index is 4.98. The lowest BCUT2D eigenvalue weighted by atomic mass is 10.0. The highest BCUT2D eigenvalue weighted by molar-refractivity contribution is 7.17. The molecule has 0 aliphatic carbocycles. The number of likely N-dealkylation sites (N-methyl/N-ethyl adjacent to an activating group) is 1. The van der Waals surface area contributed by atoms with Crippen LogP contribution in [-0.2, 0) is 6.54 Å². The molecule has 0 amide bonds. The predicted octanol–water partition coefficient (Wildman–Crippen LogP) is 3.52. The highest BCUT2D eigenvalue weighted by Crippen LogP contribution is 2.30. The van der Waals surface area contributed by atoms with E-state index in [1.807, 2.05) is 0 Å². The number of piperidine rings is 1. The topological polar surface area (TPSA) is 47.5 Å². The molecular weight excluding hydrogens is 392 g/mol. The number of piperazine rings is 1. The molecule has 2 saturated heterocycles. The number of likely N-dealkylation sites (tertiary alicyclic amines) is 1. The molecule has 1 aromatic carbocycles. The molecule has 0 atom stereocenters. The van der Waals surface area contributed by atoms with Gasteiger partial charge in [-0.2, -0.15) is 4.98 Å². The fourth-order valence-corrected chi connectivity index (χ4v) is 5.15. The van der Waals surface area contributed by atoms with Crippen molar-refractivity contribution in [2.24, 2.45) is 0 Å². The molecule has 1 N–H and O–H groups in total. The summed E-state index contributed by atoms with van der Waals surface area (Å²) in [4.78, 5) is 17.1. The largest absolute Gasteiger partial charge is 0.366 e. The molecule has 2 fully saturated rings. The van der Waals surface area contributed by atoms with Crippen molar-refractivity contribution in [3.8, 4) is 0 Å². The van der Waals surface area contributed by atoms with Crippen LogP contribution in [0.15, 0.2) is 41.8 Å². The molecule has 7 heteroatoms. The van der Waals surface area contributed by atoms with Crippen molar-refractivity contribution in [3.63, 3.8) is 0 Å². The summed E-state index contributed by atoms with van der Waals surface area (Å²) in [5.41, 5.74) is 2.46. The summed E-state index contributed by atoms with van der Waals surface area (Å²) >= 11 is 1.74. The number of nitrogens with zero attached hydrogens (tertiary/aromatic N) is 5. The fraction of sp³-hybridized carbons (Fsp3) is 0.478. The lowest BCUT2D eigenvalue weighted by Crippen LogP contribution is -2.45. The number of thiophene rings is 1. The Morgan fingerprint density at radius 1 is 0.967 bits per heavy atom. The zero-order valence-corrected chi connectivity index (χ0v) is 18.4. The van der Waals surface area contributed by atoms with Crippen molar-refractivity contribution >= 4 is 33.3 Å². The van der Waals surface area contributed by atoms with Crippen molar-refractivity contribution in [1.82, 2.24) is 19.8 Å². The van der Waals surface area contributed by atoms with E-state index in [2.05, 4.69) is 68.8 Å². The van der Waals surface area contributed by atoms with E-state index in [0.717, 1.165) is 75.9 Å². The first kappa shape index (κ1) is 19.7. The Labute approximate surface area is 182 Å². The Morgan fingerprint density at radius 2 is 1.73 bits per heavy atom. The molecule has 6 nitrogen and oxygen atoms in total. The molecule has 0 saturated carbocycles. The Morgan fingerprint density at radius 3 is 2.50 bits per heavy atom. The van der Waals surface area contributed by atoms with Gasteiger partial charge in [0.05, 0.1) is 10.2 Å². The van der Waals surface area contributed by atoms with Crippen LogP contribution in [0, 0.1) is 0 Å². The summed E-state index contributed by atoms with van der Waals surface area (Å²) in [6.07, 6.45) is 2.29. The lowest BCUT2D eigenvalue weighted by Gasteiger charge is -2.34. The van der Waals surface area contributed by atoms with Crippen molar-refractivity contribution in [2.75, 3.05) is 56.5 Å². The summed E-state index contributed by atoms with van der Waals surface area (Å²) in [7, 11) is 2.18. The van der Waals surface area contributed by atoms with Crippen LogP contribution in [0.2, 0.25) is 0 Å². The molecule has 5 rings (SSSR count). The second-order valence-corrected chi connectivity index (χ2v) is 9.39. The minimum absolute atomic E-state index is 0.470. The molecule has 2 aliphatic heterocycles. The first-order chi connectivity index (χ1) is 14.7. The van der Waals surface area contributed by atoms with E-state index >= 15 is 0 Å². The van der Waals surface area contributed by atoms with E-state index in [9.17, 15) is 0 Å². The van der Waals surface area contributed by atoms with Crippen LogP contribution in [0.5, 0.6) is 0 Å². The van der Waals surface area contributed by atoms with Gasteiger partial charge < -0.3 is 15.1 Å². The Hall–Kier alpha value is -2.22. The molecule has 2 aliphatic rings. The molecule has 4 heterocycles. The molecule has 0 spiro atoms. The molecule has 0 bridgehead atoms. The minimum Gasteiger partial charge on any atom is -0.366 e. The van der Waals surface area contributed by atoms with Crippen LogP contribution in [0.4, 0.5) is 11.8 Å². The maximum absolute atomic E-state index is 4.98. The first-order valence-corrected chi connectivity index (χ1v) is 11.8. The third-order valence-corrected chi connectivity index (χ3v) is 7.17. The normalized spacial score (nSPS) is 19.4. The van der Waals surface area contributed by atoms with Crippen LogP contribution in [-0.4, -0.2) is 72.1 Å². The lowest BCUT2D eigenvalue weighted by molar-refractivity contribution is 0.211. The molecule has 0 radical (unpaired) electrons. The number of hydrogen-bond acceptors (Lipinski definition) is 7. The number of nitrogens with one attached hydrogen (secondary N) is 1. The zero-order chi connectivity index (χ0) is 20.3. The fourth-order valence-electron chi connectivity index (χ4n) is 4.37. The Kier molecular flexibility index (Phi) is 5.84. The van der Waals surface area contributed by atoms with Crippen molar-refractivity contribution in [1.29, 1.82) is 0 Å². The van der Waals surface area contributed by atoms with E-state index in [4.69, 9.17) is 9.97 Å². The van der Waals surface area contributed by atoms with Crippen LogP contribution < -0.4 is 10.2 Å². The second-order valence-electron chi connectivity index (χ2n) is 8.48. The van der Waals surface area contributed by atoms with Gasteiger partial charge in [-0.3, -0.25) is 4.90 Å². The third kappa shape index (κ3) is 4.43. The number of aromatic nitrogens is 2. The van der Waals surface area contributed by atoms with Gasteiger partial charge in [-0.25, -0.2) is 4.98 Å². The van der Waals surface area contributed by atoms with E-state index in [-0.39, 0.29) is 0 Å². The summed E-state index contributed by atoms with van der Waals surface area (Å²) in [5.74, 6) is 1.89. The van der Waals surface area contributed by atoms with Crippen LogP contribution in [0.3, 0.4) is 0 Å². The zero-order valence-electron chi connectivity index (χ0n) is 17.6. The van der Waals surface area contributed by atoms with Crippen molar-refractivity contribution in [3.05, 3.63) is 47.3 Å². The predicted molar refractivity (Wildman–Crippen MR) is 125 cm³/mol. The average Bonchev–Trinajstić information content (AvgIpc) is 3.25. The summed E-state index contributed by atoms with van der Waals surface area (Å²) in [6.45, 7) is 7.39. The first-order valence-electron chi connectivity index (χ1n) is 11.0. The molecule has 0 unspecified atom stereocenters. The third-order valence-electron chi connectivity index (χ3n) is 6.26. The monoisotopic (exact) mass is 422 g/mol. The molecule has 30 heavy (non-hydrogen) atoms. The summed E-state index contributed by atoms with van der Waals surface area (Å²) < 4.78 is 1.18. The number of rotatable bonds is 5. The summed E-state index contributed by atoms with van der Waals surface area (Å²) in [5, 5.41) is 5.90. The van der Waals surface area contributed by atoms with Gasteiger partial charge in [0.2, 0.25) is 5.95 Å². The van der Waals surface area contributed by atoms with Gasteiger partial charge in [-0.1, -0.05) is 30.3 Å². The number of hydrogen-bond donors (Lipinski definition) is 1. The highest BCUT2D eigenvalue weighted by atomic mass is 32.1. The van der Waals surface area contributed by atoms with Crippen molar-refractivity contribution in [2.45, 2.75) is 25.4 Å². The Balaban J connectivity index is 1.26. The molecular formula is C23H30N6S. The van der Waals surface area contributed by atoms with E-state index in [1.165, 1.54) is 10.3 Å². The molecule has 3 aromatic rings. The Bertz CT molecular complexity index is 958. The quantitative estimate of drug-likeness (QED) is 0.679. The number of benzene rings is 1. The van der Waals surface area contributed by atoms with E-state index in [1.54, 1.807) is 11.3 Å². The van der Waals surface area contributed by atoms with E-state index < -0.39 is 0 Å². The smallest absolute Gasteiger partial charge is 0.228 e. The van der Waals surface area contributed by atoms with Gasteiger partial charge in [0.25, 0.3) is 0 Å². The highest BCUT2D eigenvalue weighted by Gasteiger charge is 2.23. The average molecular weight is 423 g/mol. The van der Waals surface area contributed by atoms with Gasteiger partial charge in [-0.05, 0) is 36.9 Å². The second kappa shape index (κ2) is 8.88. The molecule has 158 valence electrons. The maximum Gasteiger partial charge on any atom is 0.228 e. The summed E-state index contributed by atoms with van der Waals surface area (Å²) in [6, 6.07) is 13.4. The van der Waals surface area contributed by atoms with Crippen LogP contribution >= 0.6 is 11.3 Å². The minimum atomic E-state index is 0.470. The number of anilines is 2. The van der Waals surface area contributed by atoms with Gasteiger partial charge in [0.15, 0.2) is 0 Å². The van der Waals surface area contributed by atoms with Crippen LogP contribution in [0.25, 0.3) is 10.2 Å². The van der Waals surface area contributed by atoms with Gasteiger partial charge in [0.1, 0.15) is 5.82 Å². The van der Waals surface area contributed by atoms with Gasteiger partial charge in [-0.15, -0.1) is 11.3 Å². The molecule has 2 aromatic heterocycles. The SMILES string of the molecule is CN1CCN(c2nc(NC3CCN(Cc4ccccc4)CC3)c3sccc3n2)CC1. The van der Waals surface area contributed by atoms with Crippen LogP contribution in [0.1, 0.15) is 18.4 Å².